The Hall–Kier alpha value is -2.50. The lowest BCUT2D eigenvalue weighted by molar-refractivity contribution is 0.0948. The summed E-state index contributed by atoms with van der Waals surface area (Å²) in [5.41, 5.74) is 1.23. The molecular weight excluding hydrogens is 283 g/mol. The van der Waals surface area contributed by atoms with E-state index in [4.69, 9.17) is 0 Å². The molecule has 0 aliphatic heterocycles. The molecule has 0 fully saturated rings. The van der Waals surface area contributed by atoms with E-state index in [1.807, 2.05) is 0 Å². The average Bonchev–Trinajstić information content (AvgIpc) is 2.55. The van der Waals surface area contributed by atoms with Crippen LogP contribution in [0.3, 0.4) is 0 Å². The first kappa shape index (κ1) is 15.9. The van der Waals surface area contributed by atoms with Gasteiger partial charge in [0.1, 0.15) is 17.3 Å². The van der Waals surface area contributed by atoms with Crippen molar-refractivity contribution in [1.82, 2.24) is 15.3 Å². The Morgan fingerprint density at radius 2 is 1.95 bits per heavy atom. The van der Waals surface area contributed by atoms with Crippen molar-refractivity contribution in [3.63, 3.8) is 0 Å². The number of carbonyl (C=O) groups is 1. The Morgan fingerprint density at radius 1 is 1.18 bits per heavy atom. The molecule has 1 heterocycles. The van der Waals surface area contributed by atoms with Gasteiger partial charge in [0.05, 0.1) is 12.4 Å². The Balaban J connectivity index is 1.86. The number of unbranched alkanes of at least 4 members (excludes halogenated alkanes) is 1. The molecule has 2 aromatic rings. The van der Waals surface area contributed by atoms with Gasteiger partial charge in [-0.25, -0.2) is 14.4 Å². The molecule has 2 rings (SSSR count). The SMILES string of the molecule is CCCCNC(=O)c1cnc(NCc2ccc(F)cc2)cn1. The number of anilines is 1. The van der Waals surface area contributed by atoms with Gasteiger partial charge in [0.2, 0.25) is 0 Å². The van der Waals surface area contributed by atoms with Gasteiger partial charge in [-0.2, -0.15) is 0 Å². The van der Waals surface area contributed by atoms with Gasteiger partial charge >= 0.3 is 0 Å². The third-order valence-electron chi connectivity index (χ3n) is 3.09. The highest BCUT2D eigenvalue weighted by molar-refractivity contribution is 5.91. The van der Waals surface area contributed by atoms with Gasteiger partial charge in [-0.05, 0) is 24.1 Å². The maximum absolute atomic E-state index is 12.8. The normalized spacial score (nSPS) is 10.3. The summed E-state index contributed by atoms with van der Waals surface area (Å²) in [6.07, 6.45) is 4.92. The minimum Gasteiger partial charge on any atom is -0.365 e. The van der Waals surface area contributed by atoms with Crippen molar-refractivity contribution in [2.24, 2.45) is 0 Å². The topological polar surface area (TPSA) is 66.9 Å². The molecule has 1 aromatic heterocycles. The third kappa shape index (κ3) is 4.80. The predicted molar refractivity (Wildman–Crippen MR) is 83.0 cm³/mol. The molecule has 2 N–H and O–H groups in total. The predicted octanol–water partition coefficient (Wildman–Crippen LogP) is 2.76. The molecular formula is C16H19FN4O. The second kappa shape index (κ2) is 8.07. The number of nitrogens with zero attached hydrogens (tertiary/aromatic N) is 2. The van der Waals surface area contributed by atoms with Crippen LogP contribution in [0.1, 0.15) is 35.8 Å². The highest BCUT2D eigenvalue weighted by Crippen LogP contribution is 2.07. The lowest BCUT2D eigenvalue weighted by atomic mass is 10.2. The molecule has 0 radical (unpaired) electrons. The maximum atomic E-state index is 12.8. The summed E-state index contributed by atoms with van der Waals surface area (Å²) in [5.74, 6) is 0.0856. The molecule has 0 unspecified atom stereocenters. The van der Waals surface area contributed by atoms with E-state index in [0.29, 0.717) is 24.6 Å². The lowest BCUT2D eigenvalue weighted by Gasteiger charge is -2.07. The number of benzene rings is 1. The number of carbonyl (C=O) groups excluding carboxylic acids is 1. The largest absolute Gasteiger partial charge is 0.365 e. The maximum Gasteiger partial charge on any atom is 0.271 e. The molecule has 0 aliphatic rings. The standard InChI is InChI=1S/C16H19FN4O/c1-2-3-8-18-16(22)14-10-21-15(11-19-14)20-9-12-4-6-13(17)7-5-12/h4-7,10-11H,2-3,8-9H2,1H3,(H,18,22)(H,20,21). The van der Waals surface area contributed by atoms with Crippen LogP contribution in [0.15, 0.2) is 36.7 Å². The summed E-state index contributed by atoms with van der Waals surface area (Å²) in [7, 11) is 0. The second-order valence-electron chi connectivity index (χ2n) is 4.88. The molecule has 0 saturated heterocycles. The molecule has 0 saturated carbocycles. The number of hydrogen-bond acceptors (Lipinski definition) is 4. The van der Waals surface area contributed by atoms with E-state index >= 15 is 0 Å². The van der Waals surface area contributed by atoms with Gasteiger partial charge < -0.3 is 10.6 Å². The van der Waals surface area contributed by atoms with E-state index in [0.717, 1.165) is 18.4 Å². The summed E-state index contributed by atoms with van der Waals surface area (Å²) in [6, 6.07) is 6.22. The third-order valence-corrected chi connectivity index (χ3v) is 3.09. The van der Waals surface area contributed by atoms with Crippen LogP contribution in [0.2, 0.25) is 0 Å². The van der Waals surface area contributed by atoms with Gasteiger partial charge in [0.15, 0.2) is 0 Å². The van der Waals surface area contributed by atoms with Crippen LogP contribution in [0, 0.1) is 5.82 Å². The molecule has 1 aromatic carbocycles. The van der Waals surface area contributed by atoms with Crippen molar-refractivity contribution in [3.8, 4) is 0 Å². The fraction of sp³-hybridized carbons (Fsp3) is 0.312. The van der Waals surface area contributed by atoms with Gasteiger partial charge in [-0.1, -0.05) is 25.5 Å². The molecule has 22 heavy (non-hydrogen) atoms. The Morgan fingerprint density at radius 3 is 2.59 bits per heavy atom. The Labute approximate surface area is 129 Å². The molecule has 0 aliphatic carbocycles. The summed E-state index contributed by atoms with van der Waals surface area (Å²) in [6.45, 7) is 3.21. The summed E-state index contributed by atoms with van der Waals surface area (Å²) in [4.78, 5) is 20.0. The number of nitrogens with one attached hydrogen (secondary N) is 2. The average molecular weight is 302 g/mol. The monoisotopic (exact) mass is 302 g/mol. The fourth-order valence-corrected chi connectivity index (χ4v) is 1.80. The highest BCUT2D eigenvalue weighted by Gasteiger charge is 2.06. The second-order valence-corrected chi connectivity index (χ2v) is 4.88. The molecule has 5 nitrogen and oxygen atoms in total. The highest BCUT2D eigenvalue weighted by atomic mass is 19.1. The zero-order valence-corrected chi connectivity index (χ0v) is 12.5. The molecule has 116 valence electrons. The smallest absolute Gasteiger partial charge is 0.271 e. The van der Waals surface area contributed by atoms with Crippen LogP contribution in [0.4, 0.5) is 10.2 Å². The van der Waals surface area contributed by atoms with Crippen LogP contribution in [-0.4, -0.2) is 22.4 Å². The Kier molecular flexibility index (Phi) is 5.82. The van der Waals surface area contributed by atoms with Crippen molar-refractivity contribution in [2.75, 3.05) is 11.9 Å². The van der Waals surface area contributed by atoms with Crippen molar-refractivity contribution < 1.29 is 9.18 Å². The van der Waals surface area contributed by atoms with E-state index in [9.17, 15) is 9.18 Å². The minimum absolute atomic E-state index is 0.217. The summed E-state index contributed by atoms with van der Waals surface area (Å²) >= 11 is 0. The van der Waals surface area contributed by atoms with Crippen LogP contribution in [-0.2, 0) is 6.54 Å². The van der Waals surface area contributed by atoms with E-state index in [1.165, 1.54) is 24.5 Å². The van der Waals surface area contributed by atoms with E-state index in [2.05, 4.69) is 27.5 Å². The van der Waals surface area contributed by atoms with Crippen molar-refractivity contribution in [2.45, 2.75) is 26.3 Å². The number of halogens is 1. The zero-order valence-electron chi connectivity index (χ0n) is 12.5. The van der Waals surface area contributed by atoms with Crippen molar-refractivity contribution >= 4 is 11.7 Å². The molecule has 0 atom stereocenters. The zero-order chi connectivity index (χ0) is 15.8. The molecule has 1 amide bonds. The molecule has 0 bridgehead atoms. The summed E-state index contributed by atoms with van der Waals surface area (Å²) < 4.78 is 12.8. The number of rotatable bonds is 7. The van der Waals surface area contributed by atoms with Crippen LogP contribution < -0.4 is 10.6 Å². The molecule has 0 spiro atoms. The number of aromatic nitrogens is 2. The quantitative estimate of drug-likeness (QED) is 0.772. The lowest BCUT2D eigenvalue weighted by Crippen LogP contribution is -2.25. The fourth-order valence-electron chi connectivity index (χ4n) is 1.80. The van der Waals surface area contributed by atoms with Crippen LogP contribution >= 0.6 is 0 Å². The van der Waals surface area contributed by atoms with Crippen molar-refractivity contribution in [1.29, 1.82) is 0 Å². The minimum atomic E-state index is -0.262. The van der Waals surface area contributed by atoms with Gasteiger partial charge in [0.25, 0.3) is 5.91 Å². The first-order valence-electron chi connectivity index (χ1n) is 7.27. The van der Waals surface area contributed by atoms with E-state index in [1.54, 1.807) is 12.1 Å². The first-order valence-corrected chi connectivity index (χ1v) is 7.27. The van der Waals surface area contributed by atoms with Crippen molar-refractivity contribution in [3.05, 3.63) is 53.7 Å². The Bertz CT molecular complexity index is 599. The van der Waals surface area contributed by atoms with E-state index in [-0.39, 0.29) is 11.7 Å². The van der Waals surface area contributed by atoms with E-state index < -0.39 is 0 Å². The first-order chi connectivity index (χ1) is 10.7. The summed E-state index contributed by atoms with van der Waals surface area (Å²) in [5, 5.41) is 5.86. The van der Waals surface area contributed by atoms with Gasteiger partial charge in [-0.3, -0.25) is 4.79 Å². The van der Waals surface area contributed by atoms with Gasteiger partial charge in [-0.15, -0.1) is 0 Å². The molecule has 6 heteroatoms. The van der Waals surface area contributed by atoms with Crippen LogP contribution in [0.5, 0.6) is 0 Å². The van der Waals surface area contributed by atoms with Gasteiger partial charge in [0, 0.05) is 13.1 Å². The van der Waals surface area contributed by atoms with Crippen LogP contribution in [0.25, 0.3) is 0 Å². The number of amides is 1. The number of hydrogen-bond donors (Lipinski definition) is 2.